The Kier molecular flexibility index (Phi) is 2.83. The average molecular weight is 286 g/mol. The molecule has 0 radical (unpaired) electrons. The quantitative estimate of drug-likeness (QED) is 0.941. The van der Waals surface area contributed by atoms with Gasteiger partial charge in [0.25, 0.3) is 5.91 Å². The third kappa shape index (κ3) is 2.24. The molecule has 1 aliphatic carbocycles. The molecule has 3 heterocycles. The van der Waals surface area contributed by atoms with Crippen molar-refractivity contribution in [3.05, 3.63) is 35.0 Å². The van der Waals surface area contributed by atoms with Crippen LogP contribution in [0, 0.1) is 6.92 Å². The van der Waals surface area contributed by atoms with E-state index >= 15 is 0 Å². The lowest BCUT2D eigenvalue weighted by Gasteiger charge is -2.21. The standard InChI is InChI=1S/C15H18N4O2/c1-9-7-12(18-21-9)14-3-2-6-19(14)15(20)13-8-11(16-17-13)10-4-5-10/h7-8,10,14H,2-6H2,1H3,(H,16,17). The highest BCUT2D eigenvalue weighted by Crippen LogP contribution is 2.39. The Bertz CT molecular complexity index is 671. The fourth-order valence-electron chi connectivity index (χ4n) is 3.06. The van der Waals surface area contributed by atoms with Gasteiger partial charge in [-0.2, -0.15) is 5.10 Å². The van der Waals surface area contributed by atoms with E-state index < -0.39 is 0 Å². The summed E-state index contributed by atoms with van der Waals surface area (Å²) in [6, 6.07) is 3.83. The monoisotopic (exact) mass is 286 g/mol. The fourth-order valence-corrected chi connectivity index (χ4v) is 3.06. The van der Waals surface area contributed by atoms with Gasteiger partial charge >= 0.3 is 0 Å². The van der Waals surface area contributed by atoms with Gasteiger partial charge in [-0.05, 0) is 38.7 Å². The van der Waals surface area contributed by atoms with Crippen LogP contribution in [0.15, 0.2) is 16.7 Å². The molecule has 2 aromatic heterocycles. The molecular formula is C15H18N4O2. The summed E-state index contributed by atoms with van der Waals surface area (Å²) in [5.74, 6) is 1.34. The molecular weight excluding hydrogens is 268 g/mol. The Hall–Kier alpha value is -2.11. The SMILES string of the molecule is Cc1cc(C2CCCN2C(=O)c2cc(C3CC3)[nH]n2)no1. The molecule has 1 atom stereocenters. The maximum atomic E-state index is 12.7. The van der Waals surface area contributed by atoms with Gasteiger partial charge in [-0.1, -0.05) is 5.16 Å². The molecule has 2 fully saturated rings. The highest BCUT2D eigenvalue weighted by atomic mass is 16.5. The molecule has 0 aromatic carbocycles. The lowest BCUT2D eigenvalue weighted by molar-refractivity contribution is 0.0725. The van der Waals surface area contributed by atoms with Crippen molar-refractivity contribution in [2.45, 2.75) is 44.6 Å². The van der Waals surface area contributed by atoms with Crippen LogP contribution in [0.1, 0.15) is 65.3 Å². The third-order valence-electron chi connectivity index (χ3n) is 4.34. The van der Waals surface area contributed by atoms with E-state index in [0.717, 1.165) is 36.5 Å². The Morgan fingerprint density at radius 2 is 2.24 bits per heavy atom. The van der Waals surface area contributed by atoms with Crippen molar-refractivity contribution in [2.24, 2.45) is 0 Å². The zero-order valence-corrected chi connectivity index (χ0v) is 12.0. The van der Waals surface area contributed by atoms with Crippen molar-refractivity contribution in [1.82, 2.24) is 20.3 Å². The van der Waals surface area contributed by atoms with Crippen LogP contribution in [-0.4, -0.2) is 32.7 Å². The molecule has 1 saturated carbocycles. The minimum Gasteiger partial charge on any atom is -0.361 e. The van der Waals surface area contributed by atoms with E-state index in [2.05, 4.69) is 15.4 Å². The van der Waals surface area contributed by atoms with Crippen molar-refractivity contribution in [2.75, 3.05) is 6.54 Å². The van der Waals surface area contributed by atoms with Crippen LogP contribution in [0.5, 0.6) is 0 Å². The topological polar surface area (TPSA) is 75.0 Å². The average Bonchev–Trinajstić information content (AvgIpc) is 2.94. The van der Waals surface area contributed by atoms with Gasteiger partial charge in [-0.25, -0.2) is 0 Å². The molecule has 2 aliphatic rings. The Morgan fingerprint density at radius 3 is 2.95 bits per heavy atom. The van der Waals surface area contributed by atoms with Crippen molar-refractivity contribution in [3.63, 3.8) is 0 Å². The smallest absolute Gasteiger partial charge is 0.274 e. The second-order valence-corrected chi connectivity index (χ2v) is 6.00. The number of aryl methyl sites for hydroxylation is 1. The number of H-pyrrole nitrogens is 1. The summed E-state index contributed by atoms with van der Waals surface area (Å²) in [6.45, 7) is 2.62. The predicted octanol–water partition coefficient (Wildman–Crippen LogP) is 2.56. The molecule has 110 valence electrons. The van der Waals surface area contributed by atoms with E-state index in [-0.39, 0.29) is 11.9 Å². The van der Waals surface area contributed by atoms with Gasteiger partial charge in [0.15, 0.2) is 0 Å². The van der Waals surface area contributed by atoms with Crippen LogP contribution < -0.4 is 0 Å². The fraction of sp³-hybridized carbons (Fsp3) is 0.533. The molecule has 1 unspecified atom stereocenters. The van der Waals surface area contributed by atoms with Crippen LogP contribution in [0.3, 0.4) is 0 Å². The molecule has 21 heavy (non-hydrogen) atoms. The summed E-state index contributed by atoms with van der Waals surface area (Å²) >= 11 is 0. The second kappa shape index (κ2) is 4.72. The molecule has 1 amide bonds. The number of hydrogen-bond donors (Lipinski definition) is 1. The highest BCUT2D eigenvalue weighted by Gasteiger charge is 2.34. The third-order valence-corrected chi connectivity index (χ3v) is 4.34. The largest absolute Gasteiger partial charge is 0.361 e. The summed E-state index contributed by atoms with van der Waals surface area (Å²) in [6.07, 6.45) is 4.31. The number of nitrogens with one attached hydrogen (secondary N) is 1. The van der Waals surface area contributed by atoms with E-state index in [4.69, 9.17) is 4.52 Å². The van der Waals surface area contributed by atoms with Crippen molar-refractivity contribution in [1.29, 1.82) is 0 Å². The van der Waals surface area contributed by atoms with E-state index in [1.807, 2.05) is 24.0 Å². The number of likely N-dealkylation sites (tertiary alicyclic amines) is 1. The van der Waals surface area contributed by atoms with Gasteiger partial charge in [-0.3, -0.25) is 9.89 Å². The van der Waals surface area contributed by atoms with Gasteiger partial charge in [-0.15, -0.1) is 0 Å². The number of amides is 1. The summed E-state index contributed by atoms with van der Waals surface area (Å²) in [7, 11) is 0. The number of rotatable bonds is 3. The van der Waals surface area contributed by atoms with E-state index in [1.54, 1.807) is 0 Å². The number of hydrogen-bond acceptors (Lipinski definition) is 4. The van der Waals surface area contributed by atoms with Crippen LogP contribution >= 0.6 is 0 Å². The lowest BCUT2D eigenvalue weighted by Crippen LogP contribution is -2.31. The first-order valence-corrected chi connectivity index (χ1v) is 7.52. The van der Waals surface area contributed by atoms with Gasteiger partial charge < -0.3 is 9.42 Å². The lowest BCUT2D eigenvalue weighted by atomic mass is 10.1. The normalized spacial score (nSPS) is 22.0. The Balaban J connectivity index is 1.56. The van der Waals surface area contributed by atoms with E-state index in [0.29, 0.717) is 11.6 Å². The van der Waals surface area contributed by atoms with Gasteiger partial charge in [0.2, 0.25) is 0 Å². The van der Waals surface area contributed by atoms with Gasteiger partial charge in [0.1, 0.15) is 17.1 Å². The van der Waals surface area contributed by atoms with Crippen molar-refractivity contribution < 1.29 is 9.32 Å². The van der Waals surface area contributed by atoms with Crippen LogP contribution in [0.25, 0.3) is 0 Å². The molecule has 0 bridgehead atoms. The molecule has 4 rings (SSSR count). The highest BCUT2D eigenvalue weighted by molar-refractivity contribution is 5.92. The van der Waals surface area contributed by atoms with Crippen LogP contribution in [0.4, 0.5) is 0 Å². The molecule has 1 aliphatic heterocycles. The number of nitrogens with zero attached hydrogens (tertiary/aromatic N) is 3. The summed E-state index contributed by atoms with van der Waals surface area (Å²) in [4.78, 5) is 14.5. The minimum atomic E-state index is -0.0127. The number of carbonyl (C=O) groups is 1. The first kappa shape index (κ1) is 12.6. The zero-order chi connectivity index (χ0) is 14.4. The van der Waals surface area contributed by atoms with Crippen LogP contribution in [0.2, 0.25) is 0 Å². The molecule has 1 N–H and O–H groups in total. The molecule has 0 spiro atoms. The first-order chi connectivity index (χ1) is 10.2. The molecule has 6 nitrogen and oxygen atoms in total. The number of carbonyl (C=O) groups excluding carboxylic acids is 1. The van der Waals surface area contributed by atoms with Crippen molar-refractivity contribution in [3.8, 4) is 0 Å². The maximum Gasteiger partial charge on any atom is 0.274 e. The Morgan fingerprint density at radius 1 is 1.38 bits per heavy atom. The first-order valence-electron chi connectivity index (χ1n) is 7.52. The predicted molar refractivity (Wildman–Crippen MR) is 74.8 cm³/mol. The molecule has 2 aromatic rings. The van der Waals surface area contributed by atoms with Gasteiger partial charge in [0, 0.05) is 24.2 Å². The Labute approximate surface area is 122 Å². The maximum absolute atomic E-state index is 12.7. The molecule has 6 heteroatoms. The summed E-state index contributed by atoms with van der Waals surface area (Å²) in [5.41, 5.74) is 2.45. The van der Waals surface area contributed by atoms with E-state index in [1.165, 1.54) is 12.8 Å². The summed E-state index contributed by atoms with van der Waals surface area (Å²) in [5, 5.41) is 11.3. The van der Waals surface area contributed by atoms with Crippen molar-refractivity contribution >= 4 is 5.91 Å². The second-order valence-electron chi connectivity index (χ2n) is 6.00. The molecule has 1 saturated heterocycles. The van der Waals surface area contributed by atoms with Gasteiger partial charge in [0.05, 0.1) is 6.04 Å². The zero-order valence-electron chi connectivity index (χ0n) is 12.0. The summed E-state index contributed by atoms with van der Waals surface area (Å²) < 4.78 is 5.14. The minimum absolute atomic E-state index is 0.0102. The van der Waals surface area contributed by atoms with E-state index in [9.17, 15) is 4.79 Å². The number of aromatic amines is 1. The van der Waals surface area contributed by atoms with Crippen LogP contribution in [-0.2, 0) is 0 Å². The number of aromatic nitrogens is 3.